The first-order valence-electron chi connectivity index (χ1n) is 7.53. The second kappa shape index (κ2) is 5.78. The monoisotopic (exact) mass is 313 g/mol. The van der Waals surface area contributed by atoms with Crippen LogP contribution in [0.25, 0.3) is 0 Å². The number of likely N-dealkylation sites (tertiary alicyclic amines) is 1. The standard InChI is InChI=1S/C15H23NO6/c1-14(2,3)21-11(17)8-10-9-15(22-12(10)18)4-6-16(7-5-15)13(19)20/h10H,4-9H2,1-3H3,(H,19,20). The van der Waals surface area contributed by atoms with Crippen LogP contribution in [0.4, 0.5) is 4.79 Å². The third-order valence-corrected chi connectivity index (χ3v) is 4.05. The topological polar surface area (TPSA) is 93.1 Å². The normalized spacial score (nSPS) is 24.2. The van der Waals surface area contributed by atoms with Crippen LogP contribution in [-0.2, 0) is 19.1 Å². The summed E-state index contributed by atoms with van der Waals surface area (Å²) < 4.78 is 10.7. The minimum atomic E-state index is -0.954. The lowest BCUT2D eigenvalue weighted by Crippen LogP contribution is -2.46. The smallest absolute Gasteiger partial charge is 0.407 e. The Kier molecular flexibility index (Phi) is 4.35. The van der Waals surface area contributed by atoms with Gasteiger partial charge in [-0.2, -0.15) is 0 Å². The van der Waals surface area contributed by atoms with Crippen molar-refractivity contribution in [3.63, 3.8) is 0 Å². The van der Waals surface area contributed by atoms with E-state index in [1.54, 1.807) is 20.8 Å². The van der Waals surface area contributed by atoms with E-state index in [0.29, 0.717) is 32.4 Å². The second-order valence-corrected chi connectivity index (χ2v) is 7.07. The fraction of sp³-hybridized carbons (Fsp3) is 0.800. The minimum absolute atomic E-state index is 0.0144. The van der Waals surface area contributed by atoms with Gasteiger partial charge in [-0.25, -0.2) is 4.79 Å². The SMILES string of the molecule is CC(C)(C)OC(=O)CC1CC2(CCN(C(=O)O)CC2)OC1=O. The lowest BCUT2D eigenvalue weighted by atomic mass is 9.84. The Balaban J connectivity index is 1.91. The fourth-order valence-corrected chi connectivity index (χ4v) is 3.02. The highest BCUT2D eigenvalue weighted by Crippen LogP contribution is 2.40. The molecular formula is C15H23NO6. The Bertz CT molecular complexity index is 473. The molecule has 0 aromatic rings. The molecule has 1 atom stereocenters. The molecule has 2 fully saturated rings. The zero-order valence-corrected chi connectivity index (χ0v) is 13.3. The summed E-state index contributed by atoms with van der Waals surface area (Å²) in [6.45, 7) is 6.03. The van der Waals surface area contributed by atoms with Crippen LogP contribution in [0.1, 0.15) is 46.5 Å². The van der Waals surface area contributed by atoms with Gasteiger partial charge in [0.1, 0.15) is 11.2 Å². The maximum Gasteiger partial charge on any atom is 0.407 e. The van der Waals surface area contributed by atoms with Gasteiger partial charge >= 0.3 is 18.0 Å². The Morgan fingerprint density at radius 2 is 1.95 bits per heavy atom. The van der Waals surface area contributed by atoms with Crippen molar-refractivity contribution in [3.8, 4) is 0 Å². The maximum atomic E-state index is 12.0. The van der Waals surface area contributed by atoms with Gasteiger partial charge in [0, 0.05) is 32.4 Å². The van der Waals surface area contributed by atoms with Gasteiger partial charge in [-0.15, -0.1) is 0 Å². The van der Waals surface area contributed by atoms with Crippen molar-refractivity contribution in [3.05, 3.63) is 0 Å². The van der Waals surface area contributed by atoms with E-state index in [2.05, 4.69) is 0 Å². The molecule has 0 aromatic heterocycles. The number of ether oxygens (including phenoxy) is 2. The van der Waals surface area contributed by atoms with Crippen LogP contribution >= 0.6 is 0 Å². The Hall–Kier alpha value is -1.79. The molecule has 0 bridgehead atoms. The zero-order valence-electron chi connectivity index (χ0n) is 13.3. The Morgan fingerprint density at radius 3 is 2.45 bits per heavy atom. The molecule has 2 aliphatic rings. The fourth-order valence-electron chi connectivity index (χ4n) is 3.02. The third kappa shape index (κ3) is 3.90. The number of piperidine rings is 1. The molecule has 124 valence electrons. The first-order chi connectivity index (χ1) is 10.1. The molecule has 2 rings (SSSR count). The molecule has 7 heteroatoms. The average molecular weight is 313 g/mol. The summed E-state index contributed by atoms with van der Waals surface area (Å²) in [5.74, 6) is -1.28. The minimum Gasteiger partial charge on any atom is -0.465 e. The first-order valence-corrected chi connectivity index (χ1v) is 7.53. The van der Waals surface area contributed by atoms with Gasteiger partial charge in [0.2, 0.25) is 0 Å². The van der Waals surface area contributed by atoms with Crippen molar-refractivity contribution in [2.45, 2.75) is 57.7 Å². The quantitative estimate of drug-likeness (QED) is 0.781. The molecular weight excluding hydrogens is 290 g/mol. The van der Waals surface area contributed by atoms with Crippen molar-refractivity contribution >= 4 is 18.0 Å². The lowest BCUT2D eigenvalue weighted by molar-refractivity contribution is -0.160. The molecule has 0 radical (unpaired) electrons. The molecule has 7 nitrogen and oxygen atoms in total. The van der Waals surface area contributed by atoms with Gasteiger partial charge in [-0.05, 0) is 20.8 Å². The summed E-state index contributed by atoms with van der Waals surface area (Å²) in [5, 5.41) is 8.96. The van der Waals surface area contributed by atoms with E-state index in [4.69, 9.17) is 14.6 Å². The average Bonchev–Trinajstić information content (AvgIpc) is 2.63. The largest absolute Gasteiger partial charge is 0.465 e. The van der Waals surface area contributed by atoms with E-state index in [0.717, 1.165) is 0 Å². The highest BCUT2D eigenvalue weighted by Gasteiger charge is 2.49. The predicted molar refractivity (Wildman–Crippen MR) is 76.2 cm³/mol. The Labute approximate surface area is 129 Å². The molecule has 1 unspecified atom stereocenters. The summed E-state index contributed by atoms with van der Waals surface area (Å²) in [7, 11) is 0. The summed E-state index contributed by atoms with van der Waals surface area (Å²) in [5.41, 5.74) is -1.19. The third-order valence-electron chi connectivity index (χ3n) is 4.05. The second-order valence-electron chi connectivity index (χ2n) is 7.07. The summed E-state index contributed by atoms with van der Waals surface area (Å²) in [6, 6.07) is 0. The van der Waals surface area contributed by atoms with Crippen LogP contribution in [0.2, 0.25) is 0 Å². The molecule has 22 heavy (non-hydrogen) atoms. The van der Waals surface area contributed by atoms with Crippen molar-refractivity contribution in [2.24, 2.45) is 5.92 Å². The van der Waals surface area contributed by atoms with Gasteiger partial charge in [-0.3, -0.25) is 9.59 Å². The summed E-state index contributed by atoms with van der Waals surface area (Å²) >= 11 is 0. The highest BCUT2D eigenvalue weighted by molar-refractivity contribution is 5.82. The first kappa shape index (κ1) is 16.6. The van der Waals surface area contributed by atoms with Crippen LogP contribution in [0.15, 0.2) is 0 Å². The number of carbonyl (C=O) groups excluding carboxylic acids is 2. The van der Waals surface area contributed by atoms with Crippen LogP contribution in [0.3, 0.4) is 0 Å². The molecule has 1 spiro atoms. The number of carbonyl (C=O) groups is 3. The molecule has 1 N–H and O–H groups in total. The van der Waals surface area contributed by atoms with Crippen LogP contribution in [-0.4, -0.2) is 52.3 Å². The highest BCUT2D eigenvalue weighted by atomic mass is 16.6. The van der Waals surface area contributed by atoms with Gasteiger partial charge in [-0.1, -0.05) is 0 Å². The van der Waals surface area contributed by atoms with Gasteiger partial charge in [0.25, 0.3) is 0 Å². The number of amides is 1. The van der Waals surface area contributed by atoms with Crippen LogP contribution < -0.4 is 0 Å². The molecule has 2 heterocycles. The number of hydrogen-bond acceptors (Lipinski definition) is 5. The van der Waals surface area contributed by atoms with Crippen molar-refractivity contribution in [1.82, 2.24) is 4.90 Å². The van der Waals surface area contributed by atoms with Crippen molar-refractivity contribution in [1.29, 1.82) is 0 Å². The van der Waals surface area contributed by atoms with E-state index in [1.165, 1.54) is 4.90 Å². The van der Waals surface area contributed by atoms with Crippen molar-refractivity contribution in [2.75, 3.05) is 13.1 Å². The maximum absolute atomic E-state index is 12.0. The Morgan fingerprint density at radius 1 is 1.36 bits per heavy atom. The number of hydrogen-bond donors (Lipinski definition) is 1. The summed E-state index contributed by atoms with van der Waals surface area (Å²) in [4.78, 5) is 36.1. The molecule has 0 aromatic carbocycles. The number of carboxylic acid groups (broad SMARTS) is 1. The number of esters is 2. The zero-order chi connectivity index (χ0) is 16.5. The van der Waals surface area contributed by atoms with E-state index in [9.17, 15) is 14.4 Å². The van der Waals surface area contributed by atoms with Crippen LogP contribution in [0.5, 0.6) is 0 Å². The number of nitrogens with zero attached hydrogens (tertiary/aromatic N) is 1. The molecule has 0 saturated carbocycles. The molecule has 2 aliphatic heterocycles. The molecule has 2 saturated heterocycles. The van der Waals surface area contributed by atoms with E-state index < -0.39 is 29.2 Å². The van der Waals surface area contributed by atoms with Crippen LogP contribution in [0, 0.1) is 5.92 Å². The molecule has 1 amide bonds. The lowest BCUT2D eigenvalue weighted by Gasteiger charge is -2.36. The van der Waals surface area contributed by atoms with E-state index in [1.807, 2.05) is 0 Å². The van der Waals surface area contributed by atoms with Gasteiger partial charge in [0.15, 0.2) is 0 Å². The van der Waals surface area contributed by atoms with Gasteiger partial charge in [0.05, 0.1) is 12.3 Å². The number of rotatable bonds is 2. The van der Waals surface area contributed by atoms with E-state index in [-0.39, 0.29) is 12.4 Å². The summed E-state index contributed by atoms with van der Waals surface area (Å²) in [6.07, 6.45) is 0.481. The van der Waals surface area contributed by atoms with Gasteiger partial charge < -0.3 is 19.5 Å². The van der Waals surface area contributed by atoms with E-state index >= 15 is 0 Å². The van der Waals surface area contributed by atoms with Crippen molar-refractivity contribution < 1.29 is 29.0 Å². The molecule has 0 aliphatic carbocycles. The predicted octanol–water partition coefficient (Wildman–Crippen LogP) is 1.79.